The van der Waals surface area contributed by atoms with Gasteiger partial charge in [0, 0.05) is 29.8 Å². The second kappa shape index (κ2) is 2.94. The number of rotatable bonds is 1. The largest absolute Gasteiger partial charge is 0.479 e. The third kappa shape index (κ3) is 1.33. The standard InChI is InChI=1S/C9H16N4O2/c1-8(2)4-11-3-5-6(8)12-13-9(5,10)7(14)15/h11-13H,3-4,10H2,1-2H3,(H,14,15). The zero-order valence-corrected chi connectivity index (χ0v) is 8.85. The molecule has 0 saturated heterocycles. The van der Waals surface area contributed by atoms with Gasteiger partial charge < -0.3 is 15.8 Å². The van der Waals surface area contributed by atoms with Crippen molar-refractivity contribution in [2.75, 3.05) is 13.1 Å². The van der Waals surface area contributed by atoms with Crippen molar-refractivity contribution >= 4 is 5.97 Å². The molecule has 0 amide bonds. The molecule has 0 saturated carbocycles. The molecule has 0 aromatic rings. The molecule has 0 radical (unpaired) electrons. The summed E-state index contributed by atoms with van der Waals surface area (Å²) in [5.41, 5.74) is 11.3. The molecule has 1 unspecified atom stereocenters. The second-order valence-corrected chi connectivity index (χ2v) is 4.70. The minimum Gasteiger partial charge on any atom is -0.479 e. The predicted molar refractivity (Wildman–Crippen MR) is 54.5 cm³/mol. The Morgan fingerprint density at radius 1 is 1.53 bits per heavy atom. The van der Waals surface area contributed by atoms with Crippen LogP contribution in [0.5, 0.6) is 0 Å². The number of nitrogens with two attached hydrogens (primary N) is 1. The number of carbonyl (C=O) groups is 1. The van der Waals surface area contributed by atoms with Crippen LogP contribution in [0.4, 0.5) is 0 Å². The lowest BCUT2D eigenvalue weighted by molar-refractivity contribution is -0.143. The van der Waals surface area contributed by atoms with Gasteiger partial charge in [0.05, 0.1) is 0 Å². The summed E-state index contributed by atoms with van der Waals surface area (Å²) in [6.45, 7) is 5.38. The number of aliphatic carboxylic acids is 1. The average molecular weight is 212 g/mol. The van der Waals surface area contributed by atoms with Crippen LogP contribution >= 0.6 is 0 Å². The van der Waals surface area contributed by atoms with Crippen molar-refractivity contribution in [3.05, 3.63) is 11.3 Å². The Hall–Kier alpha value is -1.11. The highest BCUT2D eigenvalue weighted by atomic mass is 16.4. The van der Waals surface area contributed by atoms with E-state index in [4.69, 9.17) is 10.8 Å². The number of carboxylic acids is 1. The Morgan fingerprint density at radius 3 is 2.80 bits per heavy atom. The highest BCUT2D eigenvalue weighted by molar-refractivity contribution is 5.83. The van der Waals surface area contributed by atoms with Gasteiger partial charge in [-0.2, -0.15) is 0 Å². The van der Waals surface area contributed by atoms with Gasteiger partial charge in [-0.05, 0) is 0 Å². The highest BCUT2D eigenvalue weighted by Crippen LogP contribution is 2.34. The fraction of sp³-hybridized carbons (Fsp3) is 0.667. The van der Waals surface area contributed by atoms with E-state index in [-0.39, 0.29) is 5.41 Å². The van der Waals surface area contributed by atoms with Gasteiger partial charge in [-0.15, -0.1) is 0 Å². The maximum atomic E-state index is 11.1. The predicted octanol–water partition coefficient (Wildman–Crippen LogP) is -1.28. The van der Waals surface area contributed by atoms with E-state index in [0.717, 1.165) is 12.2 Å². The molecule has 1 atom stereocenters. The first-order valence-electron chi connectivity index (χ1n) is 4.88. The first-order chi connectivity index (χ1) is 6.88. The minimum atomic E-state index is -1.49. The van der Waals surface area contributed by atoms with Gasteiger partial charge in [-0.3, -0.25) is 5.73 Å². The molecule has 2 aliphatic rings. The topological polar surface area (TPSA) is 99.4 Å². The van der Waals surface area contributed by atoms with Crippen molar-refractivity contribution in [2.45, 2.75) is 19.5 Å². The molecule has 0 aromatic heterocycles. The number of carboxylic acid groups (broad SMARTS) is 1. The minimum absolute atomic E-state index is 0.128. The first-order valence-corrected chi connectivity index (χ1v) is 4.88. The lowest BCUT2D eigenvalue weighted by atomic mass is 9.81. The Balaban J connectivity index is 2.46. The number of hydrogen-bond donors (Lipinski definition) is 5. The molecule has 0 spiro atoms. The van der Waals surface area contributed by atoms with Gasteiger partial charge in [-0.25, -0.2) is 10.2 Å². The molecule has 6 N–H and O–H groups in total. The molecule has 2 rings (SSSR count). The van der Waals surface area contributed by atoms with E-state index in [1.807, 2.05) is 13.8 Å². The van der Waals surface area contributed by atoms with Crippen LogP contribution in [-0.4, -0.2) is 29.8 Å². The number of nitrogens with one attached hydrogen (secondary N) is 3. The van der Waals surface area contributed by atoms with Gasteiger partial charge in [-0.1, -0.05) is 13.8 Å². The van der Waals surface area contributed by atoms with E-state index < -0.39 is 11.6 Å². The molecule has 2 heterocycles. The molecule has 0 bridgehead atoms. The van der Waals surface area contributed by atoms with Crippen LogP contribution in [-0.2, 0) is 4.79 Å². The van der Waals surface area contributed by atoms with Gasteiger partial charge in [0.15, 0.2) is 0 Å². The zero-order chi connectivity index (χ0) is 11.3. The lowest BCUT2D eigenvalue weighted by Gasteiger charge is -2.33. The maximum Gasteiger partial charge on any atom is 0.345 e. The van der Waals surface area contributed by atoms with Crippen molar-refractivity contribution in [2.24, 2.45) is 11.1 Å². The van der Waals surface area contributed by atoms with E-state index in [0.29, 0.717) is 12.1 Å². The van der Waals surface area contributed by atoms with Gasteiger partial charge in [0.1, 0.15) is 0 Å². The van der Waals surface area contributed by atoms with Crippen molar-refractivity contribution in [1.82, 2.24) is 16.2 Å². The fourth-order valence-corrected chi connectivity index (χ4v) is 2.09. The summed E-state index contributed by atoms with van der Waals surface area (Å²) >= 11 is 0. The number of hydrazine groups is 1. The van der Waals surface area contributed by atoms with Crippen molar-refractivity contribution in [1.29, 1.82) is 0 Å². The molecular formula is C9H16N4O2. The van der Waals surface area contributed by atoms with Crippen LogP contribution in [0.1, 0.15) is 13.8 Å². The monoisotopic (exact) mass is 212 g/mol. The summed E-state index contributed by atoms with van der Waals surface area (Å²) < 4.78 is 0. The first kappa shape index (κ1) is 10.4. The zero-order valence-electron chi connectivity index (χ0n) is 8.85. The van der Waals surface area contributed by atoms with Crippen LogP contribution in [0.2, 0.25) is 0 Å². The summed E-state index contributed by atoms with van der Waals surface area (Å²) in [6.07, 6.45) is 0. The van der Waals surface area contributed by atoms with Crippen LogP contribution in [0, 0.1) is 5.41 Å². The van der Waals surface area contributed by atoms with Gasteiger partial charge in [0.25, 0.3) is 0 Å². The van der Waals surface area contributed by atoms with Crippen LogP contribution < -0.4 is 21.9 Å². The maximum absolute atomic E-state index is 11.1. The highest BCUT2D eigenvalue weighted by Gasteiger charge is 2.48. The number of hydrogen-bond acceptors (Lipinski definition) is 5. The molecule has 0 fully saturated rings. The van der Waals surface area contributed by atoms with Crippen molar-refractivity contribution in [3.63, 3.8) is 0 Å². The quantitative estimate of drug-likeness (QED) is 0.371. The molecular weight excluding hydrogens is 196 g/mol. The summed E-state index contributed by atoms with van der Waals surface area (Å²) in [6, 6.07) is 0. The Kier molecular flexibility index (Phi) is 2.04. The summed E-state index contributed by atoms with van der Waals surface area (Å²) in [5, 5.41) is 12.3. The third-order valence-corrected chi connectivity index (χ3v) is 3.05. The Labute approximate surface area is 87.9 Å². The van der Waals surface area contributed by atoms with Crippen molar-refractivity contribution < 1.29 is 9.90 Å². The SMILES string of the molecule is CC1(C)CNCC2=C1NNC2(N)C(=O)O. The fourth-order valence-electron chi connectivity index (χ4n) is 2.09. The van der Waals surface area contributed by atoms with Crippen molar-refractivity contribution in [3.8, 4) is 0 Å². The lowest BCUT2D eigenvalue weighted by Crippen LogP contribution is -2.61. The third-order valence-electron chi connectivity index (χ3n) is 3.05. The smallest absolute Gasteiger partial charge is 0.345 e. The Morgan fingerprint density at radius 2 is 2.20 bits per heavy atom. The molecule has 84 valence electrons. The summed E-state index contributed by atoms with van der Waals surface area (Å²) in [7, 11) is 0. The Bertz CT molecular complexity index is 350. The molecule has 2 aliphatic heterocycles. The summed E-state index contributed by atoms with van der Waals surface area (Å²) in [4.78, 5) is 11.1. The van der Waals surface area contributed by atoms with Gasteiger partial charge in [0.2, 0.25) is 5.66 Å². The van der Waals surface area contributed by atoms with Crippen LogP contribution in [0.3, 0.4) is 0 Å². The summed E-state index contributed by atoms with van der Waals surface area (Å²) in [5.74, 6) is -1.07. The molecule has 6 heteroatoms. The van der Waals surface area contributed by atoms with E-state index >= 15 is 0 Å². The molecule has 0 aliphatic carbocycles. The van der Waals surface area contributed by atoms with Gasteiger partial charge >= 0.3 is 5.97 Å². The molecule has 6 nitrogen and oxygen atoms in total. The van der Waals surface area contributed by atoms with Crippen LogP contribution in [0.25, 0.3) is 0 Å². The molecule has 15 heavy (non-hydrogen) atoms. The van der Waals surface area contributed by atoms with E-state index in [9.17, 15) is 4.79 Å². The van der Waals surface area contributed by atoms with Crippen LogP contribution in [0.15, 0.2) is 11.3 Å². The van der Waals surface area contributed by atoms with E-state index in [1.54, 1.807) is 0 Å². The molecule has 0 aromatic carbocycles. The second-order valence-electron chi connectivity index (χ2n) is 4.70. The van der Waals surface area contributed by atoms with E-state index in [1.165, 1.54) is 0 Å². The average Bonchev–Trinajstić information content (AvgIpc) is 2.46. The normalized spacial score (nSPS) is 33.5. The van der Waals surface area contributed by atoms with E-state index in [2.05, 4.69) is 16.2 Å².